The van der Waals surface area contributed by atoms with Crippen LogP contribution in [0.15, 0.2) is 12.4 Å². The lowest BCUT2D eigenvalue weighted by Crippen LogP contribution is -2.13. The van der Waals surface area contributed by atoms with Crippen molar-refractivity contribution in [3.63, 3.8) is 0 Å². The van der Waals surface area contributed by atoms with Crippen molar-refractivity contribution in [3.05, 3.63) is 27.1 Å². The molecule has 1 aromatic rings. The van der Waals surface area contributed by atoms with Crippen LogP contribution in [0.3, 0.4) is 0 Å². The first-order chi connectivity index (χ1) is 6.34. The average Bonchev–Trinajstić information content (AvgIpc) is 2.01. The molecule has 7 heteroatoms. The molecule has 1 rings (SSSR count). The van der Waals surface area contributed by atoms with Crippen molar-refractivity contribution in [1.82, 2.24) is 4.98 Å². The Hall–Kier alpha value is -0.370. The topological polar surface area (TPSA) is 30.0 Å². The summed E-state index contributed by atoms with van der Waals surface area (Å²) in [7, 11) is 0. The van der Waals surface area contributed by atoms with E-state index in [2.05, 4.69) is 4.98 Å². The quantitative estimate of drug-likeness (QED) is 0.583. The number of carbonyl (C=O) groups is 1. The Morgan fingerprint density at radius 3 is 2.36 bits per heavy atom. The second-order valence-electron chi connectivity index (χ2n) is 2.32. The first-order valence-electron chi connectivity index (χ1n) is 3.24. The smallest absolute Gasteiger partial charge is 0.276 e. The third-order valence-electron chi connectivity index (χ3n) is 1.39. The monoisotopic (exact) mass is 335 g/mol. The van der Waals surface area contributed by atoms with Gasteiger partial charge in [-0.3, -0.25) is 9.78 Å². The Morgan fingerprint density at radius 2 is 2.00 bits per heavy atom. The van der Waals surface area contributed by atoms with E-state index < -0.39 is 22.5 Å². The van der Waals surface area contributed by atoms with Gasteiger partial charge in [0.25, 0.3) is 5.24 Å². The highest BCUT2D eigenvalue weighted by atomic mass is 127. The molecule has 0 fully saturated rings. The number of alkyl halides is 3. The number of halogens is 5. The van der Waals surface area contributed by atoms with Gasteiger partial charge in [-0.2, -0.15) is 13.2 Å². The fourth-order valence-corrected chi connectivity index (χ4v) is 1.77. The maximum Gasteiger partial charge on any atom is 0.418 e. The molecule has 0 aromatic carbocycles. The summed E-state index contributed by atoms with van der Waals surface area (Å²) in [6.07, 6.45) is -2.77. The number of aromatic nitrogens is 1. The lowest BCUT2D eigenvalue weighted by molar-refractivity contribution is -0.138. The molecule has 1 heterocycles. The van der Waals surface area contributed by atoms with Gasteiger partial charge in [-0.15, -0.1) is 0 Å². The predicted molar refractivity (Wildman–Crippen MR) is 52.1 cm³/mol. The van der Waals surface area contributed by atoms with Crippen molar-refractivity contribution < 1.29 is 18.0 Å². The molecule has 0 unspecified atom stereocenters. The molecular formula is C7H2ClF3INO. The van der Waals surface area contributed by atoms with Crippen molar-refractivity contribution in [2.45, 2.75) is 6.18 Å². The number of hydrogen-bond donors (Lipinski definition) is 0. The van der Waals surface area contributed by atoms with Crippen LogP contribution in [-0.2, 0) is 6.18 Å². The van der Waals surface area contributed by atoms with E-state index in [1.807, 2.05) is 0 Å². The SMILES string of the molecule is O=C(Cl)c1cncc(I)c1C(F)(F)F. The van der Waals surface area contributed by atoms with Gasteiger partial charge in [0.2, 0.25) is 0 Å². The Bertz CT molecular complexity index is 380. The molecule has 2 nitrogen and oxygen atoms in total. The van der Waals surface area contributed by atoms with Crippen LogP contribution >= 0.6 is 34.2 Å². The predicted octanol–water partition coefficient (Wildman–Crippen LogP) is 3.08. The fourth-order valence-electron chi connectivity index (χ4n) is 0.872. The zero-order valence-corrected chi connectivity index (χ0v) is 9.31. The maximum atomic E-state index is 12.4. The largest absolute Gasteiger partial charge is 0.418 e. The fraction of sp³-hybridized carbons (Fsp3) is 0.143. The molecule has 0 atom stereocenters. The number of carbonyl (C=O) groups excluding carboxylic acids is 1. The zero-order valence-electron chi connectivity index (χ0n) is 6.40. The highest BCUT2D eigenvalue weighted by Gasteiger charge is 2.37. The summed E-state index contributed by atoms with van der Waals surface area (Å²) in [6, 6.07) is 0. The number of hydrogen-bond acceptors (Lipinski definition) is 2. The molecule has 0 radical (unpaired) electrons. The van der Waals surface area contributed by atoms with Gasteiger partial charge in [0.1, 0.15) is 0 Å². The Kier molecular flexibility index (Phi) is 3.36. The number of nitrogens with zero attached hydrogens (tertiary/aromatic N) is 1. The van der Waals surface area contributed by atoms with Gasteiger partial charge in [-0.05, 0) is 34.2 Å². The average molecular weight is 335 g/mol. The van der Waals surface area contributed by atoms with Crippen LogP contribution in [0.5, 0.6) is 0 Å². The van der Waals surface area contributed by atoms with E-state index in [0.717, 1.165) is 12.4 Å². The lowest BCUT2D eigenvalue weighted by atomic mass is 10.1. The van der Waals surface area contributed by atoms with Crippen LogP contribution in [0.4, 0.5) is 13.2 Å². The third kappa shape index (κ3) is 2.35. The molecule has 0 aliphatic carbocycles. The standard InChI is InChI=1S/C7H2ClF3INO/c8-6(14)3-1-13-2-4(12)5(3)7(9,10)11/h1-2H. The van der Waals surface area contributed by atoms with E-state index in [1.165, 1.54) is 22.6 Å². The second kappa shape index (κ2) is 4.01. The first-order valence-corrected chi connectivity index (χ1v) is 4.70. The normalized spacial score (nSPS) is 11.5. The highest BCUT2D eigenvalue weighted by molar-refractivity contribution is 14.1. The Balaban J connectivity index is 3.45. The second-order valence-corrected chi connectivity index (χ2v) is 3.82. The molecule has 0 N–H and O–H groups in total. The summed E-state index contributed by atoms with van der Waals surface area (Å²) in [5.41, 5.74) is -1.65. The first kappa shape index (κ1) is 11.7. The summed E-state index contributed by atoms with van der Waals surface area (Å²) in [6.45, 7) is 0. The summed E-state index contributed by atoms with van der Waals surface area (Å²) in [5, 5.41) is -1.16. The van der Waals surface area contributed by atoms with Crippen LogP contribution in [-0.4, -0.2) is 10.2 Å². The molecule has 0 saturated heterocycles. The van der Waals surface area contributed by atoms with E-state index in [1.54, 1.807) is 0 Å². The van der Waals surface area contributed by atoms with E-state index in [0.29, 0.717) is 0 Å². The summed E-state index contributed by atoms with van der Waals surface area (Å²) >= 11 is 6.46. The van der Waals surface area contributed by atoms with Gasteiger partial charge in [0.05, 0.1) is 11.1 Å². The Morgan fingerprint density at radius 1 is 1.43 bits per heavy atom. The molecule has 76 valence electrons. The summed E-state index contributed by atoms with van der Waals surface area (Å²) < 4.78 is 37.1. The summed E-state index contributed by atoms with van der Waals surface area (Å²) in [5.74, 6) is 0. The van der Waals surface area contributed by atoms with Gasteiger partial charge in [-0.25, -0.2) is 0 Å². The summed E-state index contributed by atoms with van der Waals surface area (Å²) in [4.78, 5) is 14.2. The van der Waals surface area contributed by atoms with Crippen LogP contribution in [0.1, 0.15) is 15.9 Å². The Labute approximate surface area is 95.6 Å². The van der Waals surface area contributed by atoms with Crippen molar-refractivity contribution in [2.24, 2.45) is 0 Å². The van der Waals surface area contributed by atoms with Crippen LogP contribution in [0, 0.1) is 3.57 Å². The maximum absolute atomic E-state index is 12.4. The highest BCUT2D eigenvalue weighted by Crippen LogP contribution is 2.35. The van der Waals surface area contributed by atoms with Gasteiger partial charge >= 0.3 is 6.18 Å². The number of pyridine rings is 1. The molecule has 0 aliphatic heterocycles. The van der Waals surface area contributed by atoms with Crippen LogP contribution in [0.2, 0.25) is 0 Å². The van der Waals surface area contributed by atoms with Gasteiger partial charge in [0, 0.05) is 16.0 Å². The minimum atomic E-state index is -4.60. The minimum Gasteiger partial charge on any atom is -0.276 e. The van der Waals surface area contributed by atoms with Crippen molar-refractivity contribution in [2.75, 3.05) is 0 Å². The van der Waals surface area contributed by atoms with Gasteiger partial charge in [0.15, 0.2) is 0 Å². The van der Waals surface area contributed by atoms with Gasteiger partial charge in [-0.1, -0.05) is 0 Å². The molecule has 0 amide bonds. The molecule has 0 spiro atoms. The minimum absolute atomic E-state index is 0.151. The van der Waals surface area contributed by atoms with E-state index in [9.17, 15) is 18.0 Å². The molecule has 0 aliphatic rings. The van der Waals surface area contributed by atoms with Crippen molar-refractivity contribution in [1.29, 1.82) is 0 Å². The lowest BCUT2D eigenvalue weighted by Gasteiger charge is -2.11. The molecule has 0 bridgehead atoms. The molecule has 14 heavy (non-hydrogen) atoms. The van der Waals surface area contributed by atoms with Crippen LogP contribution < -0.4 is 0 Å². The zero-order chi connectivity index (χ0) is 10.9. The molecular weight excluding hydrogens is 333 g/mol. The van der Waals surface area contributed by atoms with Crippen LogP contribution in [0.25, 0.3) is 0 Å². The third-order valence-corrected chi connectivity index (χ3v) is 2.42. The van der Waals surface area contributed by atoms with E-state index >= 15 is 0 Å². The number of rotatable bonds is 1. The molecule has 1 aromatic heterocycles. The van der Waals surface area contributed by atoms with E-state index in [-0.39, 0.29) is 3.57 Å². The van der Waals surface area contributed by atoms with Crippen molar-refractivity contribution in [3.8, 4) is 0 Å². The van der Waals surface area contributed by atoms with E-state index in [4.69, 9.17) is 11.6 Å². The molecule has 0 saturated carbocycles. The van der Waals surface area contributed by atoms with Crippen molar-refractivity contribution >= 4 is 39.4 Å². The van der Waals surface area contributed by atoms with Gasteiger partial charge < -0.3 is 0 Å².